The van der Waals surface area contributed by atoms with Gasteiger partial charge in [-0.25, -0.2) is 9.59 Å². The number of carbonyl (C=O) groups is 3. The molecule has 4 N–H and O–H groups in total. The van der Waals surface area contributed by atoms with E-state index in [0.717, 1.165) is 6.42 Å². The third-order valence-corrected chi connectivity index (χ3v) is 2.70. The van der Waals surface area contributed by atoms with Gasteiger partial charge in [0.05, 0.1) is 12.2 Å². The van der Waals surface area contributed by atoms with Crippen molar-refractivity contribution in [1.29, 1.82) is 0 Å². The van der Waals surface area contributed by atoms with Crippen LogP contribution in [0.15, 0.2) is 24.3 Å². The van der Waals surface area contributed by atoms with E-state index in [1.165, 1.54) is 6.07 Å². The van der Waals surface area contributed by atoms with E-state index >= 15 is 0 Å². The number of hydrogen-bond acceptors (Lipinski definition) is 6. The molecular formula is C15H21N3O5. The predicted octanol–water partition coefficient (Wildman–Crippen LogP) is 0.483. The average Bonchev–Trinajstić information content (AvgIpc) is 2.56. The Bertz CT molecular complexity index is 548. The van der Waals surface area contributed by atoms with Gasteiger partial charge in [-0.3, -0.25) is 10.1 Å². The van der Waals surface area contributed by atoms with E-state index in [0.29, 0.717) is 12.2 Å². The van der Waals surface area contributed by atoms with Crippen LogP contribution in [0.1, 0.15) is 23.7 Å². The number of imide groups is 1. The van der Waals surface area contributed by atoms with Crippen LogP contribution in [0.3, 0.4) is 0 Å². The molecular weight excluding hydrogens is 302 g/mol. The zero-order valence-corrected chi connectivity index (χ0v) is 12.9. The zero-order valence-electron chi connectivity index (χ0n) is 12.9. The van der Waals surface area contributed by atoms with Crippen LogP contribution >= 0.6 is 0 Å². The van der Waals surface area contributed by atoms with Gasteiger partial charge in [-0.1, -0.05) is 19.1 Å². The molecule has 0 aliphatic heterocycles. The molecule has 0 aromatic heterocycles. The molecule has 3 amide bonds. The molecule has 0 saturated carbocycles. The fraction of sp³-hybridized carbons (Fsp3) is 0.400. The number of esters is 1. The van der Waals surface area contributed by atoms with Gasteiger partial charge in [-0.2, -0.15) is 0 Å². The van der Waals surface area contributed by atoms with Crippen LogP contribution in [0.2, 0.25) is 0 Å². The van der Waals surface area contributed by atoms with Crippen LogP contribution in [-0.2, 0) is 9.53 Å². The summed E-state index contributed by atoms with van der Waals surface area (Å²) in [4.78, 5) is 34.8. The third kappa shape index (κ3) is 6.79. The lowest BCUT2D eigenvalue weighted by molar-refractivity contribution is -0.123. The van der Waals surface area contributed by atoms with Crippen molar-refractivity contribution < 1.29 is 24.2 Å². The topological polar surface area (TPSA) is 117 Å². The number of carbonyl (C=O) groups excluding carboxylic acids is 3. The van der Waals surface area contributed by atoms with Crippen molar-refractivity contribution in [3.63, 3.8) is 0 Å². The molecule has 0 fully saturated rings. The van der Waals surface area contributed by atoms with E-state index < -0.39 is 24.5 Å². The van der Waals surface area contributed by atoms with Crippen molar-refractivity contribution in [3.05, 3.63) is 29.8 Å². The number of anilines is 1. The van der Waals surface area contributed by atoms with Crippen LogP contribution in [0.25, 0.3) is 0 Å². The van der Waals surface area contributed by atoms with Gasteiger partial charge >= 0.3 is 12.0 Å². The van der Waals surface area contributed by atoms with Crippen LogP contribution < -0.4 is 16.0 Å². The Labute approximate surface area is 134 Å². The number of para-hydroxylation sites is 1. The molecule has 0 bridgehead atoms. The van der Waals surface area contributed by atoms with Crippen molar-refractivity contribution >= 4 is 23.6 Å². The Balaban J connectivity index is 2.50. The fourth-order valence-corrected chi connectivity index (χ4v) is 1.66. The summed E-state index contributed by atoms with van der Waals surface area (Å²) in [7, 11) is 0. The van der Waals surface area contributed by atoms with Crippen LogP contribution in [0.5, 0.6) is 0 Å². The van der Waals surface area contributed by atoms with Crippen molar-refractivity contribution in [2.45, 2.75) is 13.3 Å². The first-order valence-electron chi connectivity index (χ1n) is 7.27. The largest absolute Gasteiger partial charge is 0.452 e. The van der Waals surface area contributed by atoms with E-state index in [-0.39, 0.29) is 18.7 Å². The number of amides is 3. The highest BCUT2D eigenvalue weighted by Crippen LogP contribution is 2.15. The summed E-state index contributed by atoms with van der Waals surface area (Å²) < 4.78 is 4.88. The highest BCUT2D eigenvalue weighted by molar-refractivity contribution is 5.99. The molecule has 126 valence electrons. The Morgan fingerprint density at radius 1 is 1.17 bits per heavy atom. The maximum Gasteiger partial charge on any atom is 0.340 e. The molecule has 1 aromatic carbocycles. The molecule has 0 saturated heterocycles. The lowest BCUT2D eigenvalue weighted by atomic mass is 10.2. The third-order valence-electron chi connectivity index (χ3n) is 2.70. The molecule has 0 radical (unpaired) electrons. The number of urea groups is 1. The van der Waals surface area contributed by atoms with Crippen molar-refractivity contribution in [1.82, 2.24) is 10.6 Å². The summed E-state index contributed by atoms with van der Waals surface area (Å²) in [6.45, 7) is 1.96. The molecule has 1 rings (SSSR count). The summed E-state index contributed by atoms with van der Waals surface area (Å²) in [5.74, 6) is -1.41. The minimum Gasteiger partial charge on any atom is -0.452 e. The zero-order chi connectivity index (χ0) is 17.1. The van der Waals surface area contributed by atoms with E-state index in [4.69, 9.17) is 9.84 Å². The minimum absolute atomic E-state index is 0.0847. The van der Waals surface area contributed by atoms with E-state index in [1.54, 1.807) is 18.2 Å². The molecule has 8 heteroatoms. The monoisotopic (exact) mass is 323 g/mol. The minimum atomic E-state index is -0.715. The average molecular weight is 323 g/mol. The number of rotatable bonds is 8. The number of hydrogen-bond donors (Lipinski definition) is 4. The Morgan fingerprint density at radius 3 is 2.61 bits per heavy atom. The first-order chi connectivity index (χ1) is 11.1. The van der Waals surface area contributed by atoms with Crippen LogP contribution in [0, 0.1) is 0 Å². The van der Waals surface area contributed by atoms with Crippen molar-refractivity contribution in [2.75, 3.05) is 31.6 Å². The summed E-state index contributed by atoms with van der Waals surface area (Å²) in [6, 6.07) is 5.94. The van der Waals surface area contributed by atoms with E-state index in [2.05, 4.69) is 16.0 Å². The molecule has 0 spiro atoms. The van der Waals surface area contributed by atoms with Gasteiger partial charge in [-0.05, 0) is 18.6 Å². The van der Waals surface area contributed by atoms with Gasteiger partial charge in [0.25, 0.3) is 5.91 Å². The maximum absolute atomic E-state index is 12.0. The molecule has 23 heavy (non-hydrogen) atoms. The molecule has 1 aromatic rings. The Kier molecular flexibility index (Phi) is 8.16. The quantitative estimate of drug-likeness (QED) is 0.517. The predicted molar refractivity (Wildman–Crippen MR) is 84.1 cm³/mol. The maximum atomic E-state index is 12.0. The Hall–Kier alpha value is -2.61. The molecule has 0 heterocycles. The second-order valence-electron chi connectivity index (χ2n) is 4.58. The lowest BCUT2D eigenvalue weighted by Gasteiger charge is -2.11. The molecule has 0 aliphatic carbocycles. The first kappa shape index (κ1) is 18.4. The highest BCUT2D eigenvalue weighted by Gasteiger charge is 2.15. The van der Waals surface area contributed by atoms with Crippen molar-refractivity contribution in [2.24, 2.45) is 0 Å². The second-order valence-corrected chi connectivity index (χ2v) is 4.58. The summed E-state index contributed by atoms with van der Waals surface area (Å²) in [5, 5.41) is 16.2. The normalized spacial score (nSPS) is 9.83. The molecule has 0 atom stereocenters. The van der Waals surface area contributed by atoms with E-state index in [9.17, 15) is 14.4 Å². The van der Waals surface area contributed by atoms with Gasteiger partial charge in [0.15, 0.2) is 6.61 Å². The molecule has 0 unspecified atom stereocenters. The number of aliphatic hydroxyl groups excluding tert-OH is 1. The molecule has 8 nitrogen and oxygen atoms in total. The molecule has 0 aliphatic rings. The summed E-state index contributed by atoms with van der Waals surface area (Å²) in [5.41, 5.74) is 0.733. The SMILES string of the molecule is CCCNC(=O)NC(=O)COC(=O)c1ccccc1NCCO. The number of benzene rings is 1. The van der Waals surface area contributed by atoms with Gasteiger partial charge < -0.3 is 20.5 Å². The van der Waals surface area contributed by atoms with Crippen molar-refractivity contribution in [3.8, 4) is 0 Å². The second kappa shape index (κ2) is 10.2. The fourth-order valence-electron chi connectivity index (χ4n) is 1.66. The highest BCUT2D eigenvalue weighted by atomic mass is 16.5. The van der Waals surface area contributed by atoms with Gasteiger partial charge in [0.2, 0.25) is 0 Å². The van der Waals surface area contributed by atoms with Crippen LogP contribution in [0.4, 0.5) is 10.5 Å². The number of aliphatic hydroxyl groups is 1. The number of nitrogens with one attached hydrogen (secondary N) is 3. The summed E-state index contributed by atoms with van der Waals surface area (Å²) in [6.07, 6.45) is 0.744. The van der Waals surface area contributed by atoms with Gasteiger partial charge in [0, 0.05) is 18.8 Å². The first-order valence-corrected chi connectivity index (χ1v) is 7.27. The standard InChI is InChI=1S/C15H21N3O5/c1-2-7-17-15(22)18-13(20)10-23-14(21)11-5-3-4-6-12(11)16-8-9-19/h3-6,16,19H,2,7-10H2,1H3,(H2,17,18,20,22). The lowest BCUT2D eigenvalue weighted by Crippen LogP contribution is -2.41. The van der Waals surface area contributed by atoms with Gasteiger partial charge in [0.1, 0.15) is 0 Å². The smallest absolute Gasteiger partial charge is 0.340 e. The number of ether oxygens (including phenoxy) is 1. The van der Waals surface area contributed by atoms with E-state index in [1.807, 2.05) is 6.92 Å². The van der Waals surface area contributed by atoms with Gasteiger partial charge in [-0.15, -0.1) is 0 Å². The van der Waals surface area contributed by atoms with Crippen LogP contribution in [-0.4, -0.2) is 49.3 Å². The Morgan fingerprint density at radius 2 is 1.91 bits per heavy atom. The summed E-state index contributed by atoms with van der Waals surface area (Å²) >= 11 is 0.